The van der Waals surface area contributed by atoms with Gasteiger partial charge in [0.1, 0.15) is 5.75 Å². The third-order valence-corrected chi connectivity index (χ3v) is 6.74. The number of hydrogen-bond acceptors (Lipinski definition) is 4. The highest BCUT2D eigenvalue weighted by Crippen LogP contribution is 2.38. The fourth-order valence-corrected chi connectivity index (χ4v) is 4.56. The first-order valence-electron chi connectivity index (χ1n) is 10.6. The average Bonchev–Trinajstić information content (AvgIpc) is 2.70. The summed E-state index contributed by atoms with van der Waals surface area (Å²) in [5.74, 6) is 0.0693. The molecule has 0 aromatic heterocycles. The van der Waals surface area contributed by atoms with Crippen molar-refractivity contribution in [1.82, 2.24) is 5.32 Å². The Kier molecular flexibility index (Phi) is 6.37. The molecule has 1 aliphatic rings. The predicted octanol–water partition coefficient (Wildman–Crippen LogP) is 4.09. The van der Waals surface area contributed by atoms with E-state index < -0.39 is 16.1 Å². The van der Waals surface area contributed by atoms with Crippen LogP contribution in [0.25, 0.3) is 0 Å². The van der Waals surface area contributed by atoms with Crippen molar-refractivity contribution in [2.45, 2.75) is 58.6 Å². The maximum absolute atomic E-state index is 13.1. The Morgan fingerprint density at radius 1 is 1.19 bits per heavy atom. The van der Waals surface area contributed by atoms with E-state index in [0.29, 0.717) is 17.9 Å². The largest absolute Gasteiger partial charge is 0.476 e. The molecule has 0 spiro atoms. The van der Waals surface area contributed by atoms with Crippen LogP contribution >= 0.6 is 0 Å². The summed E-state index contributed by atoms with van der Waals surface area (Å²) in [6, 6.07) is 13.4. The summed E-state index contributed by atoms with van der Waals surface area (Å²) in [5, 5.41) is 3.03. The minimum absolute atomic E-state index is 0.0599. The van der Waals surface area contributed by atoms with E-state index in [1.54, 1.807) is 6.07 Å². The third kappa shape index (κ3) is 5.21. The summed E-state index contributed by atoms with van der Waals surface area (Å²) >= 11 is 0. The fourth-order valence-electron chi connectivity index (χ4n) is 3.65. The molecule has 1 amide bonds. The van der Waals surface area contributed by atoms with Gasteiger partial charge in [0.15, 0.2) is 6.10 Å². The minimum atomic E-state index is -3.59. The Bertz CT molecular complexity index is 1060. The highest BCUT2D eigenvalue weighted by molar-refractivity contribution is 7.92. The number of anilines is 1. The van der Waals surface area contributed by atoms with Crippen LogP contribution in [0.5, 0.6) is 5.75 Å². The van der Waals surface area contributed by atoms with E-state index in [1.807, 2.05) is 50.2 Å². The quantitative estimate of drug-likeness (QED) is 0.754. The lowest BCUT2D eigenvalue weighted by Crippen LogP contribution is -2.51. The molecule has 2 aromatic carbocycles. The van der Waals surface area contributed by atoms with Crippen molar-refractivity contribution in [2.24, 2.45) is 0 Å². The Morgan fingerprint density at radius 2 is 1.84 bits per heavy atom. The van der Waals surface area contributed by atoms with Gasteiger partial charge in [0.05, 0.1) is 24.5 Å². The van der Waals surface area contributed by atoms with Crippen LogP contribution in [0.1, 0.15) is 56.8 Å². The van der Waals surface area contributed by atoms with Gasteiger partial charge in [0, 0.05) is 0 Å². The first-order valence-corrected chi connectivity index (χ1v) is 12.4. The molecule has 2 aromatic rings. The Labute approximate surface area is 185 Å². The maximum Gasteiger partial charge on any atom is 0.263 e. The average molecular weight is 445 g/mol. The molecule has 0 bridgehead atoms. The second kappa shape index (κ2) is 8.54. The van der Waals surface area contributed by atoms with Crippen molar-refractivity contribution in [3.8, 4) is 5.75 Å². The van der Waals surface area contributed by atoms with Gasteiger partial charge in [-0.1, -0.05) is 63.6 Å². The third-order valence-electron chi connectivity index (χ3n) is 5.59. The molecule has 0 saturated carbocycles. The van der Waals surface area contributed by atoms with Crippen LogP contribution < -0.4 is 14.4 Å². The molecule has 0 fully saturated rings. The summed E-state index contributed by atoms with van der Waals surface area (Å²) in [5.41, 5.74) is 3.49. The fraction of sp³-hybridized carbons (Fsp3) is 0.458. The molecule has 1 aliphatic heterocycles. The van der Waals surface area contributed by atoms with Gasteiger partial charge >= 0.3 is 0 Å². The summed E-state index contributed by atoms with van der Waals surface area (Å²) in [4.78, 5) is 13.1. The first kappa shape index (κ1) is 23.1. The zero-order valence-electron chi connectivity index (χ0n) is 19.1. The van der Waals surface area contributed by atoms with Crippen LogP contribution in [0.2, 0.25) is 0 Å². The van der Waals surface area contributed by atoms with E-state index in [0.717, 1.165) is 22.9 Å². The van der Waals surface area contributed by atoms with Crippen molar-refractivity contribution in [1.29, 1.82) is 0 Å². The molecular formula is C24H32N2O4S. The number of amides is 1. The number of carbonyl (C=O) groups is 1. The molecular weight excluding hydrogens is 412 g/mol. The van der Waals surface area contributed by atoms with Crippen molar-refractivity contribution in [2.75, 3.05) is 17.1 Å². The molecule has 0 saturated heterocycles. The lowest BCUT2D eigenvalue weighted by molar-refractivity contribution is -0.128. The number of nitrogens with zero attached hydrogens (tertiary/aromatic N) is 1. The number of nitrogens with one attached hydrogen (secondary N) is 1. The Hall–Kier alpha value is -2.54. The molecule has 0 aliphatic carbocycles. The summed E-state index contributed by atoms with van der Waals surface area (Å²) < 4.78 is 32.3. The number of sulfonamides is 1. The number of fused-ring (bicyclic) bond motifs is 1. The maximum atomic E-state index is 13.1. The molecule has 0 unspecified atom stereocenters. The number of carbonyl (C=O) groups excluding carboxylic acids is 1. The lowest BCUT2D eigenvalue weighted by Gasteiger charge is -2.35. The number of ether oxygens (including phenoxy) is 1. The van der Waals surface area contributed by atoms with Crippen molar-refractivity contribution in [3.63, 3.8) is 0 Å². The van der Waals surface area contributed by atoms with E-state index in [9.17, 15) is 13.2 Å². The van der Waals surface area contributed by atoms with Gasteiger partial charge < -0.3 is 10.1 Å². The SMILES string of the molecule is CC[C@@H](NC(=O)[C@@H]1CN(S(C)(=O)=O)c2cc(C(C)(C)C)ccc2O1)c1ccc(C)cc1. The Balaban J connectivity index is 1.88. The number of rotatable bonds is 5. The lowest BCUT2D eigenvalue weighted by atomic mass is 9.86. The second-order valence-corrected chi connectivity index (χ2v) is 11.1. The molecule has 168 valence electrons. The second-order valence-electron chi connectivity index (χ2n) is 9.21. The minimum Gasteiger partial charge on any atom is -0.476 e. The standard InChI is InChI=1S/C24H32N2O4S/c1-7-19(17-10-8-16(2)9-11-17)25-23(27)22-15-26(31(6,28)29)20-14-18(24(3,4)5)12-13-21(20)30-22/h8-14,19,22H,7,15H2,1-6H3,(H,25,27)/t19-,22+/m1/s1. The molecule has 1 N–H and O–H groups in total. The van der Waals surface area contributed by atoms with Crippen molar-refractivity contribution in [3.05, 3.63) is 59.2 Å². The summed E-state index contributed by atoms with van der Waals surface area (Å²) in [6.45, 7) is 10.1. The smallest absolute Gasteiger partial charge is 0.263 e. The highest BCUT2D eigenvalue weighted by atomic mass is 32.2. The molecule has 3 rings (SSSR count). The monoisotopic (exact) mass is 444 g/mol. The van der Waals surface area contributed by atoms with E-state index in [2.05, 4.69) is 26.1 Å². The van der Waals surface area contributed by atoms with E-state index >= 15 is 0 Å². The molecule has 7 heteroatoms. The predicted molar refractivity (Wildman–Crippen MR) is 124 cm³/mol. The van der Waals surface area contributed by atoms with Gasteiger partial charge in [0.25, 0.3) is 5.91 Å². The van der Waals surface area contributed by atoms with Gasteiger partial charge in [-0.2, -0.15) is 0 Å². The van der Waals surface area contributed by atoms with E-state index in [1.165, 1.54) is 4.31 Å². The molecule has 2 atom stereocenters. The zero-order chi connectivity index (χ0) is 23.0. The van der Waals surface area contributed by atoms with Crippen molar-refractivity contribution >= 4 is 21.6 Å². The Morgan fingerprint density at radius 3 is 2.39 bits per heavy atom. The van der Waals surface area contributed by atoms with Crippen LogP contribution in [0.3, 0.4) is 0 Å². The normalized spacial score (nSPS) is 17.5. The van der Waals surface area contributed by atoms with Crippen LogP contribution in [0.15, 0.2) is 42.5 Å². The van der Waals surface area contributed by atoms with E-state index in [-0.39, 0.29) is 23.9 Å². The van der Waals surface area contributed by atoms with Crippen LogP contribution in [-0.4, -0.2) is 33.2 Å². The summed E-state index contributed by atoms with van der Waals surface area (Å²) in [6.07, 6.45) is 0.937. The van der Waals surface area contributed by atoms with Crippen LogP contribution in [0.4, 0.5) is 5.69 Å². The number of hydrogen-bond donors (Lipinski definition) is 1. The number of aryl methyl sites for hydroxylation is 1. The molecule has 1 heterocycles. The van der Waals surface area contributed by atoms with Gasteiger partial charge in [0.2, 0.25) is 10.0 Å². The van der Waals surface area contributed by atoms with Gasteiger partial charge in [-0.05, 0) is 42.0 Å². The molecule has 0 radical (unpaired) electrons. The zero-order valence-corrected chi connectivity index (χ0v) is 19.9. The topological polar surface area (TPSA) is 75.7 Å². The van der Waals surface area contributed by atoms with Crippen molar-refractivity contribution < 1.29 is 17.9 Å². The van der Waals surface area contributed by atoms with Gasteiger partial charge in [-0.25, -0.2) is 8.42 Å². The van der Waals surface area contributed by atoms with E-state index in [4.69, 9.17) is 4.74 Å². The van der Waals surface area contributed by atoms with Gasteiger partial charge in [-0.3, -0.25) is 9.10 Å². The van der Waals surface area contributed by atoms with Crippen LogP contribution in [-0.2, 0) is 20.2 Å². The molecule has 31 heavy (non-hydrogen) atoms. The van der Waals surface area contributed by atoms with Gasteiger partial charge in [-0.15, -0.1) is 0 Å². The molecule has 6 nitrogen and oxygen atoms in total. The first-order chi connectivity index (χ1) is 14.4. The van der Waals surface area contributed by atoms with Crippen LogP contribution in [0, 0.1) is 6.92 Å². The highest BCUT2D eigenvalue weighted by Gasteiger charge is 2.36. The summed E-state index contributed by atoms with van der Waals surface area (Å²) in [7, 11) is -3.59. The number of benzene rings is 2.